The van der Waals surface area contributed by atoms with Gasteiger partial charge in [-0.1, -0.05) is 50.3 Å². The quantitative estimate of drug-likeness (QED) is 0.278. The number of nitrogens with one attached hydrogen (secondary N) is 1. The predicted molar refractivity (Wildman–Crippen MR) is 146 cm³/mol. The lowest BCUT2D eigenvalue weighted by Crippen LogP contribution is -2.20. The Balaban J connectivity index is 1.42. The third-order valence-electron chi connectivity index (χ3n) is 7.11. The Morgan fingerprint density at radius 3 is 2.62 bits per heavy atom. The number of hydrogen-bond donors (Lipinski definition) is 2. The van der Waals surface area contributed by atoms with Crippen molar-refractivity contribution in [3.63, 3.8) is 0 Å². The summed E-state index contributed by atoms with van der Waals surface area (Å²) in [5.41, 5.74) is 13.0. The summed E-state index contributed by atoms with van der Waals surface area (Å²) in [6, 6.07) is 14.1. The molecule has 5 nitrogen and oxygen atoms in total. The molecule has 0 spiro atoms. The van der Waals surface area contributed by atoms with Crippen LogP contribution in [-0.2, 0) is 30.5 Å². The van der Waals surface area contributed by atoms with E-state index in [1.54, 1.807) is 0 Å². The SMILES string of the molecule is Nc1ccc2c(c1)CCc1nc(NC(=O)Cc3ccc(I)cc3)c(CCC3CCCCC3)nc1-2. The van der Waals surface area contributed by atoms with Crippen LogP contribution in [0.5, 0.6) is 0 Å². The Morgan fingerprint density at radius 2 is 1.82 bits per heavy atom. The smallest absolute Gasteiger partial charge is 0.229 e. The van der Waals surface area contributed by atoms with Crippen molar-refractivity contribution in [3.8, 4) is 11.3 Å². The average Bonchev–Trinajstić information content (AvgIpc) is 2.84. The van der Waals surface area contributed by atoms with Crippen LogP contribution < -0.4 is 11.1 Å². The molecule has 1 saturated carbocycles. The first-order chi connectivity index (χ1) is 16.5. The van der Waals surface area contributed by atoms with Crippen molar-refractivity contribution in [2.45, 2.75) is 64.2 Å². The van der Waals surface area contributed by atoms with Gasteiger partial charge < -0.3 is 11.1 Å². The molecule has 0 atom stereocenters. The zero-order valence-corrected chi connectivity index (χ0v) is 21.6. The van der Waals surface area contributed by atoms with E-state index in [0.717, 1.165) is 69.1 Å². The van der Waals surface area contributed by atoms with Gasteiger partial charge in [0.05, 0.1) is 23.5 Å². The van der Waals surface area contributed by atoms with Gasteiger partial charge in [0.15, 0.2) is 5.82 Å². The number of aromatic nitrogens is 2. The van der Waals surface area contributed by atoms with Crippen molar-refractivity contribution in [2.75, 3.05) is 11.1 Å². The molecule has 3 N–H and O–H groups in total. The number of nitrogen functional groups attached to an aromatic ring is 1. The summed E-state index contributed by atoms with van der Waals surface area (Å²) in [6.07, 6.45) is 10.6. The van der Waals surface area contributed by atoms with Crippen LogP contribution in [0.15, 0.2) is 42.5 Å². The summed E-state index contributed by atoms with van der Waals surface area (Å²) in [7, 11) is 0. The van der Waals surface area contributed by atoms with Crippen LogP contribution in [0.25, 0.3) is 11.3 Å². The Kier molecular flexibility index (Phi) is 7.13. The molecular formula is C28H31IN4O. The summed E-state index contributed by atoms with van der Waals surface area (Å²) in [5.74, 6) is 1.34. The maximum absolute atomic E-state index is 12.9. The van der Waals surface area contributed by atoms with Crippen molar-refractivity contribution in [3.05, 3.63) is 68.5 Å². The van der Waals surface area contributed by atoms with Crippen molar-refractivity contribution in [2.24, 2.45) is 5.92 Å². The second-order valence-electron chi connectivity index (χ2n) is 9.62. The van der Waals surface area contributed by atoms with E-state index in [0.29, 0.717) is 12.2 Å². The molecule has 3 aromatic rings. The second kappa shape index (κ2) is 10.4. The van der Waals surface area contributed by atoms with Gasteiger partial charge in [0, 0.05) is 14.8 Å². The standard InChI is InChI=1S/C28H31IN4O/c29-21-10-6-19(7-11-21)16-26(34)33-28-25(14-8-18-4-2-1-3-5-18)31-27-23-13-12-22(30)17-20(23)9-15-24(27)32-28/h6-7,10-13,17-18H,1-5,8-9,14-16,30H2,(H,32,33,34). The monoisotopic (exact) mass is 566 g/mol. The molecule has 2 aromatic carbocycles. The molecule has 1 heterocycles. The van der Waals surface area contributed by atoms with Gasteiger partial charge in [-0.15, -0.1) is 0 Å². The number of aryl methyl sites for hydroxylation is 3. The van der Waals surface area contributed by atoms with Crippen molar-refractivity contribution in [1.29, 1.82) is 0 Å². The van der Waals surface area contributed by atoms with Gasteiger partial charge in [0.1, 0.15) is 0 Å². The minimum atomic E-state index is -0.0432. The molecule has 6 heteroatoms. The number of fused-ring (bicyclic) bond motifs is 3. The fraction of sp³-hybridized carbons (Fsp3) is 0.393. The van der Waals surface area contributed by atoms with Crippen LogP contribution in [0.3, 0.4) is 0 Å². The Hall–Kier alpha value is -2.48. The van der Waals surface area contributed by atoms with E-state index in [4.69, 9.17) is 15.7 Å². The van der Waals surface area contributed by atoms with E-state index in [9.17, 15) is 4.79 Å². The molecule has 1 aromatic heterocycles. The van der Waals surface area contributed by atoms with Gasteiger partial charge in [0.25, 0.3) is 0 Å². The molecule has 0 aliphatic heterocycles. The molecule has 0 radical (unpaired) electrons. The number of anilines is 2. The average molecular weight is 566 g/mol. The third-order valence-corrected chi connectivity index (χ3v) is 7.82. The highest BCUT2D eigenvalue weighted by Crippen LogP contribution is 2.35. The lowest BCUT2D eigenvalue weighted by Gasteiger charge is -2.23. The number of carbonyl (C=O) groups excluding carboxylic acids is 1. The number of carbonyl (C=O) groups is 1. The van der Waals surface area contributed by atoms with E-state index < -0.39 is 0 Å². The number of amides is 1. The number of nitrogens with zero attached hydrogens (tertiary/aromatic N) is 2. The van der Waals surface area contributed by atoms with E-state index in [-0.39, 0.29) is 5.91 Å². The van der Waals surface area contributed by atoms with Gasteiger partial charge in [-0.25, -0.2) is 9.97 Å². The first-order valence-electron chi connectivity index (χ1n) is 12.4. The number of rotatable bonds is 6. The molecule has 34 heavy (non-hydrogen) atoms. The van der Waals surface area contributed by atoms with Crippen LogP contribution in [-0.4, -0.2) is 15.9 Å². The molecule has 2 aliphatic carbocycles. The van der Waals surface area contributed by atoms with E-state index in [1.165, 1.54) is 37.7 Å². The molecule has 2 aliphatic rings. The largest absolute Gasteiger partial charge is 0.399 e. The van der Waals surface area contributed by atoms with Gasteiger partial charge in [-0.3, -0.25) is 4.79 Å². The van der Waals surface area contributed by atoms with Crippen LogP contribution in [0.4, 0.5) is 11.5 Å². The summed E-state index contributed by atoms with van der Waals surface area (Å²) < 4.78 is 1.16. The molecule has 5 rings (SSSR count). The third kappa shape index (κ3) is 5.43. The lowest BCUT2D eigenvalue weighted by molar-refractivity contribution is -0.115. The molecule has 0 bridgehead atoms. The summed E-state index contributed by atoms with van der Waals surface area (Å²) >= 11 is 2.28. The van der Waals surface area contributed by atoms with E-state index in [1.807, 2.05) is 30.3 Å². The van der Waals surface area contributed by atoms with E-state index >= 15 is 0 Å². The molecule has 0 saturated heterocycles. The Labute approximate surface area is 215 Å². The highest BCUT2D eigenvalue weighted by atomic mass is 127. The first kappa shape index (κ1) is 23.3. The minimum Gasteiger partial charge on any atom is -0.399 e. The fourth-order valence-corrected chi connectivity index (χ4v) is 5.61. The number of hydrogen-bond acceptors (Lipinski definition) is 4. The Bertz CT molecular complexity index is 1190. The van der Waals surface area contributed by atoms with Crippen molar-refractivity contribution < 1.29 is 4.79 Å². The van der Waals surface area contributed by atoms with E-state index in [2.05, 4.69) is 40.0 Å². The minimum absolute atomic E-state index is 0.0432. The second-order valence-corrected chi connectivity index (χ2v) is 10.9. The van der Waals surface area contributed by atoms with Gasteiger partial charge >= 0.3 is 0 Å². The molecular weight excluding hydrogens is 535 g/mol. The Morgan fingerprint density at radius 1 is 1.03 bits per heavy atom. The number of halogens is 1. The fourth-order valence-electron chi connectivity index (χ4n) is 5.25. The zero-order valence-electron chi connectivity index (χ0n) is 19.4. The predicted octanol–water partition coefficient (Wildman–Crippen LogP) is 6.12. The molecule has 176 valence electrons. The summed E-state index contributed by atoms with van der Waals surface area (Å²) in [5, 5.41) is 3.11. The normalized spacial score (nSPS) is 15.4. The molecule has 1 amide bonds. The highest BCUT2D eigenvalue weighted by molar-refractivity contribution is 14.1. The maximum Gasteiger partial charge on any atom is 0.229 e. The van der Waals surface area contributed by atoms with Crippen molar-refractivity contribution in [1.82, 2.24) is 9.97 Å². The van der Waals surface area contributed by atoms with Crippen LogP contribution >= 0.6 is 22.6 Å². The van der Waals surface area contributed by atoms with Gasteiger partial charge in [0.2, 0.25) is 5.91 Å². The molecule has 1 fully saturated rings. The van der Waals surface area contributed by atoms with Crippen LogP contribution in [0, 0.1) is 9.49 Å². The zero-order chi connectivity index (χ0) is 23.5. The number of nitrogens with two attached hydrogens (primary N) is 1. The highest BCUT2D eigenvalue weighted by Gasteiger charge is 2.23. The molecule has 0 unspecified atom stereocenters. The number of benzene rings is 2. The topological polar surface area (TPSA) is 80.9 Å². The van der Waals surface area contributed by atoms with Crippen LogP contribution in [0.1, 0.15) is 61.0 Å². The van der Waals surface area contributed by atoms with Gasteiger partial charge in [-0.2, -0.15) is 0 Å². The maximum atomic E-state index is 12.9. The summed E-state index contributed by atoms with van der Waals surface area (Å²) in [4.78, 5) is 23.0. The van der Waals surface area contributed by atoms with Crippen molar-refractivity contribution >= 4 is 40.0 Å². The summed E-state index contributed by atoms with van der Waals surface area (Å²) in [6.45, 7) is 0. The lowest BCUT2D eigenvalue weighted by atomic mass is 9.85. The van der Waals surface area contributed by atoms with Crippen LogP contribution in [0.2, 0.25) is 0 Å². The van der Waals surface area contributed by atoms with Gasteiger partial charge in [-0.05, 0) is 89.6 Å². The first-order valence-corrected chi connectivity index (χ1v) is 13.5.